The molecule has 1 aromatic heterocycles. The van der Waals surface area contributed by atoms with Crippen LogP contribution in [0.4, 0.5) is 4.79 Å². The standard InChI is InChI=1S/C20H22N2O3S/c1-12-7-5-6-10-20(12)18(24)22(19(25)21-20)11-15(23)17-13(2)14-8-3-4-9-16(14)26-17/h3-4,8-9,12H,5-7,10-11H2,1-2H3,(H,21,25)/t12-,20-/m1/s1. The van der Waals surface area contributed by atoms with Gasteiger partial charge in [-0.25, -0.2) is 4.79 Å². The molecule has 2 heterocycles. The van der Waals surface area contributed by atoms with Crippen LogP contribution in [0.5, 0.6) is 0 Å². The first-order valence-electron chi connectivity index (χ1n) is 9.09. The van der Waals surface area contributed by atoms with Crippen LogP contribution < -0.4 is 5.32 Å². The highest BCUT2D eigenvalue weighted by Gasteiger charge is 2.55. The van der Waals surface area contributed by atoms with E-state index in [1.807, 2.05) is 38.1 Å². The largest absolute Gasteiger partial charge is 0.325 e. The van der Waals surface area contributed by atoms with Crippen LogP contribution in [-0.4, -0.2) is 34.7 Å². The van der Waals surface area contributed by atoms with Crippen LogP contribution in [0, 0.1) is 12.8 Å². The highest BCUT2D eigenvalue weighted by molar-refractivity contribution is 7.21. The molecule has 2 aromatic rings. The van der Waals surface area contributed by atoms with E-state index < -0.39 is 11.6 Å². The number of urea groups is 1. The van der Waals surface area contributed by atoms with E-state index in [-0.39, 0.29) is 24.2 Å². The van der Waals surface area contributed by atoms with Crippen molar-refractivity contribution in [1.82, 2.24) is 10.2 Å². The quantitative estimate of drug-likeness (QED) is 0.658. The summed E-state index contributed by atoms with van der Waals surface area (Å²) in [6.07, 6.45) is 3.58. The molecule has 1 spiro atoms. The third-order valence-corrected chi connectivity index (χ3v) is 7.21. The van der Waals surface area contributed by atoms with E-state index in [1.165, 1.54) is 11.3 Å². The topological polar surface area (TPSA) is 66.5 Å². The number of ketones is 1. The molecule has 26 heavy (non-hydrogen) atoms. The van der Waals surface area contributed by atoms with Gasteiger partial charge >= 0.3 is 6.03 Å². The number of amides is 3. The second-order valence-corrected chi connectivity index (χ2v) is 8.47. The number of hydrogen-bond acceptors (Lipinski definition) is 4. The van der Waals surface area contributed by atoms with Crippen LogP contribution in [0.15, 0.2) is 24.3 Å². The van der Waals surface area contributed by atoms with Crippen molar-refractivity contribution < 1.29 is 14.4 Å². The molecule has 6 heteroatoms. The predicted octanol–water partition coefficient (Wildman–Crippen LogP) is 3.89. The number of carbonyl (C=O) groups is 3. The van der Waals surface area contributed by atoms with Crippen LogP contribution in [0.2, 0.25) is 0 Å². The van der Waals surface area contributed by atoms with Gasteiger partial charge in [-0.05, 0) is 42.7 Å². The Balaban J connectivity index is 1.60. The third-order valence-electron chi connectivity index (χ3n) is 5.90. The fourth-order valence-corrected chi connectivity index (χ4v) is 5.43. The van der Waals surface area contributed by atoms with Gasteiger partial charge in [0.1, 0.15) is 5.54 Å². The minimum absolute atomic E-state index is 0.0962. The molecule has 1 aliphatic carbocycles. The van der Waals surface area contributed by atoms with Crippen LogP contribution >= 0.6 is 11.3 Å². The van der Waals surface area contributed by atoms with Crippen molar-refractivity contribution in [2.75, 3.05) is 6.54 Å². The highest BCUT2D eigenvalue weighted by Crippen LogP contribution is 2.38. The van der Waals surface area contributed by atoms with Gasteiger partial charge in [-0.1, -0.05) is 38.0 Å². The van der Waals surface area contributed by atoms with Crippen molar-refractivity contribution in [3.63, 3.8) is 0 Å². The molecule has 5 nitrogen and oxygen atoms in total. The van der Waals surface area contributed by atoms with Gasteiger partial charge in [-0.15, -0.1) is 11.3 Å². The van der Waals surface area contributed by atoms with Gasteiger partial charge in [-0.3, -0.25) is 14.5 Å². The fraction of sp³-hybridized carbons (Fsp3) is 0.450. The number of carbonyl (C=O) groups excluding carboxylic acids is 3. The maximum atomic E-state index is 13.0. The molecule has 1 saturated heterocycles. The van der Waals surface area contributed by atoms with Crippen molar-refractivity contribution in [2.24, 2.45) is 5.92 Å². The number of fused-ring (bicyclic) bond motifs is 1. The summed E-state index contributed by atoms with van der Waals surface area (Å²) in [5, 5.41) is 3.96. The molecule has 2 aliphatic rings. The first-order valence-corrected chi connectivity index (χ1v) is 9.91. The molecule has 0 radical (unpaired) electrons. The van der Waals surface area contributed by atoms with Crippen molar-refractivity contribution in [2.45, 2.75) is 45.1 Å². The van der Waals surface area contributed by atoms with E-state index in [4.69, 9.17) is 0 Å². The number of nitrogens with zero attached hydrogens (tertiary/aromatic N) is 1. The predicted molar refractivity (Wildman–Crippen MR) is 102 cm³/mol. The Bertz CT molecular complexity index is 919. The third kappa shape index (κ3) is 2.47. The number of rotatable bonds is 3. The molecule has 1 aromatic carbocycles. The Morgan fingerprint density at radius 1 is 1.31 bits per heavy atom. The summed E-state index contributed by atoms with van der Waals surface area (Å²) in [6.45, 7) is 3.74. The summed E-state index contributed by atoms with van der Waals surface area (Å²) in [7, 11) is 0. The summed E-state index contributed by atoms with van der Waals surface area (Å²) >= 11 is 1.43. The molecule has 2 atom stereocenters. The zero-order valence-corrected chi connectivity index (χ0v) is 15.8. The first-order chi connectivity index (χ1) is 12.4. The molecule has 1 N–H and O–H groups in total. The summed E-state index contributed by atoms with van der Waals surface area (Å²) < 4.78 is 1.04. The van der Waals surface area contributed by atoms with E-state index in [1.54, 1.807) is 0 Å². The minimum atomic E-state index is -0.815. The Morgan fingerprint density at radius 2 is 2.08 bits per heavy atom. The Hall–Kier alpha value is -2.21. The van der Waals surface area contributed by atoms with Crippen LogP contribution in [0.3, 0.4) is 0 Å². The molecular formula is C20H22N2O3S. The SMILES string of the molecule is Cc1c(C(=O)CN2C(=O)N[C@@]3(CCCC[C@H]3C)C2=O)sc2ccccc12. The first kappa shape index (κ1) is 17.2. The number of aryl methyl sites for hydroxylation is 1. The van der Waals surface area contributed by atoms with E-state index in [0.717, 1.165) is 39.8 Å². The number of Topliss-reactive ketones (excluding diaryl/α,β-unsaturated/α-hetero) is 1. The molecule has 0 bridgehead atoms. The molecule has 1 aliphatic heterocycles. The van der Waals surface area contributed by atoms with Gasteiger partial charge in [0.2, 0.25) is 0 Å². The average Bonchev–Trinajstić information content (AvgIpc) is 3.08. The summed E-state index contributed by atoms with van der Waals surface area (Å²) in [5.41, 5.74) is 0.105. The highest BCUT2D eigenvalue weighted by atomic mass is 32.1. The number of hydrogen-bond donors (Lipinski definition) is 1. The maximum absolute atomic E-state index is 13.0. The molecule has 2 fully saturated rings. The fourth-order valence-electron chi connectivity index (χ4n) is 4.29. The van der Waals surface area contributed by atoms with Crippen LogP contribution in [-0.2, 0) is 4.79 Å². The molecule has 4 rings (SSSR count). The second-order valence-electron chi connectivity index (χ2n) is 7.42. The zero-order chi connectivity index (χ0) is 18.5. The van der Waals surface area contributed by atoms with Crippen molar-refractivity contribution >= 4 is 39.1 Å². The van der Waals surface area contributed by atoms with Crippen LogP contribution in [0.1, 0.15) is 47.8 Å². The average molecular weight is 370 g/mol. The van der Waals surface area contributed by atoms with Crippen molar-refractivity contribution in [3.05, 3.63) is 34.7 Å². The van der Waals surface area contributed by atoms with Crippen molar-refractivity contribution in [1.29, 1.82) is 0 Å². The lowest BCUT2D eigenvalue weighted by atomic mass is 9.73. The maximum Gasteiger partial charge on any atom is 0.325 e. The molecular weight excluding hydrogens is 348 g/mol. The molecule has 3 amide bonds. The van der Waals surface area contributed by atoms with E-state index in [9.17, 15) is 14.4 Å². The molecule has 136 valence electrons. The van der Waals surface area contributed by atoms with Gasteiger partial charge in [-0.2, -0.15) is 0 Å². The zero-order valence-electron chi connectivity index (χ0n) is 15.0. The Labute approximate surface area is 156 Å². The number of benzene rings is 1. The molecule has 0 unspecified atom stereocenters. The van der Waals surface area contributed by atoms with Gasteiger partial charge in [0.05, 0.1) is 11.4 Å². The smallest absolute Gasteiger partial charge is 0.323 e. The monoisotopic (exact) mass is 370 g/mol. The summed E-state index contributed by atoms with van der Waals surface area (Å²) in [5.74, 6) is -0.312. The minimum Gasteiger partial charge on any atom is -0.323 e. The summed E-state index contributed by atoms with van der Waals surface area (Å²) in [6, 6.07) is 7.43. The lowest BCUT2D eigenvalue weighted by Crippen LogP contribution is -2.54. The molecule has 1 saturated carbocycles. The number of imide groups is 1. The van der Waals surface area contributed by atoms with E-state index >= 15 is 0 Å². The van der Waals surface area contributed by atoms with Gasteiger partial charge in [0.15, 0.2) is 5.78 Å². The van der Waals surface area contributed by atoms with Gasteiger partial charge < -0.3 is 5.32 Å². The van der Waals surface area contributed by atoms with E-state index in [2.05, 4.69) is 5.32 Å². The summed E-state index contributed by atoms with van der Waals surface area (Å²) in [4.78, 5) is 40.1. The Kier molecular flexibility index (Phi) is 4.10. The normalized spacial score (nSPS) is 25.9. The van der Waals surface area contributed by atoms with Gasteiger partial charge in [0.25, 0.3) is 5.91 Å². The van der Waals surface area contributed by atoms with Crippen LogP contribution in [0.25, 0.3) is 10.1 Å². The number of thiophene rings is 1. The lowest BCUT2D eigenvalue weighted by molar-refractivity contribution is -0.133. The van der Waals surface area contributed by atoms with Crippen molar-refractivity contribution in [3.8, 4) is 0 Å². The van der Waals surface area contributed by atoms with E-state index in [0.29, 0.717) is 11.3 Å². The lowest BCUT2D eigenvalue weighted by Gasteiger charge is -2.36. The second kappa shape index (κ2) is 6.20. The van der Waals surface area contributed by atoms with Gasteiger partial charge in [0, 0.05) is 4.70 Å². The Morgan fingerprint density at radius 3 is 2.81 bits per heavy atom. The number of nitrogens with one attached hydrogen (secondary N) is 1.